The van der Waals surface area contributed by atoms with Gasteiger partial charge in [0.2, 0.25) is 15.9 Å². The van der Waals surface area contributed by atoms with Crippen molar-refractivity contribution in [2.45, 2.75) is 6.04 Å². The third kappa shape index (κ3) is 3.92. The van der Waals surface area contributed by atoms with Crippen molar-refractivity contribution in [1.29, 1.82) is 0 Å². The molecule has 3 aromatic carbocycles. The maximum Gasteiger partial charge on any atom is 0.247 e. The zero-order chi connectivity index (χ0) is 18.7. The molecule has 1 N–H and O–H groups in total. The highest BCUT2D eigenvalue weighted by molar-refractivity contribution is 7.88. The van der Waals surface area contributed by atoms with Crippen molar-refractivity contribution < 1.29 is 13.2 Å². The van der Waals surface area contributed by atoms with E-state index in [1.165, 1.54) is 7.05 Å². The first-order valence-electron chi connectivity index (χ1n) is 8.14. The van der Waals surface area contributed by atoms with E-state index in [1.807, 2.05) is 48.5 Å². The highest BCUT2D eigenvalue weighted by Gasteiger charge is 2.30. The Hall–Kier alpha value is -2.70. The van der Waals surface area contributed by atoms with Crippen LogP contribution in [0.2, 0.25) is 0 Å². The zero-order valence-corrected chi connectivity index (χ0v) is 15.4. The van der Waals surface area contributed by atoms with Crippen molar-refractivity contribution in [1.82, 2.24) is 4.31 Å². The van der Waals surface area contributed by atoms with Crippen molar-refractivity contribution in [3.8, 4) is 0 Å². The summed E-state index contributed by atoms with van der Waals surface area (Å²) < 4.78 is 25.1. The van der Waals surface area contributed by atoms with Crippen LogP contribution in [0.5, 0.6) is 0 Å². The molecule has 3 aromatic rings. The highest BCUT2D eigenvalue weighted by atomic mass is 32.2. The third-order valence-corrected chi connectivity index (χ3v) is 5.52. The molecule has 0 bridgehead atoms. The number of nitrogens with one attached hydrogen (secondary N) is 1. The predicted molar refractivity (Wildman–Crippen MR) is 104 cm³/mol. The van der Waals surface area contributed by atoms with Gasteiger partial charge in [-0.15, -0.1) is 0 Å². The summed E-state index contributed by atoms with van der Waals surface area (Å²) in [5.41, 5.74) is 1.23. The lowest BCUT2D eigenvalue weighted by molar-refractivity contribution is -0.119. The molecule has 0 spiro atoms. The van der Waals surface area contributed by atoms with Crippen LogP contribution < -0.4 is 5.32 Å². The molecule has 0 fully saturated rings. The van der Waals surface area contributed by atoms with Crippen LogP contribution >= 0.6 is 0 Å². The Labute approximate surface area is 153 Å². The molecule has 1 unspecified atom stereocenters. The summed E-state index contributed by atoms with van der Waals surface area (Å²) in [4.78, 5) is 12.9. The third-order valence-electron chi connectivity index (χ3n) is 4.27. The van der Waals surface area contributed by atoms with Gasteiger partial charge in [0.1, 0.15) is 6.04 Å². The van der Waals surface area contributed by atoms with Crippen LogP contribution in [0.25, 0.3) is 10.8 Å². The summed E-state index contributed by atoms with van der Waals surface area (Å²) in [5, 5.41) is 4.91. The van der Waals surface area contributed by atoms with E-state index in [1.54, 1.807) is 24.3 Å². The maximum atomic E-state index is 12.9. The lowest BCUT2D eigenvalue weighted by Crippen LogP contribution is -2.38. The Kier molecular flexibility index (Phi) is 5.06. The predicted octanol–water partition coefficient (Wildman–Crippen LogP) is 3.41. The second-order valence-corrected chi connectivity index (χ2v) is 8.19. The molecule has 0 heterocycles. The molecule has 134 valence electrons. The van der Waals surface area contributed by atoms with E-state index < -0.39 is 22.0 Å². The van der Waals surface area contributed by atoms with Crippen LogP contribution in [0.15, 0.2) is 72.8 Å². The summed E-state index contributed by atoms with van der Waals surface area (Å²) in [6, 6.07) is 21.3. The monoisotopic (exact) mass is 368 g/mol. The zero-order valence-electron chi connectivity index (χ0n) is 14.6. The minimum absolute atomic E-state index is 0.403. The van der Waals surface area contributed by atoms with Gasteiger partial charge in [-0.1, -0.05) is 60.7 Å². The number of carbonyl (C=O) groups excluding carboxylic acids is 1. The fourth-order valence-electron chi connectivity index (χ4n) is 2.83. The maximum absolute atomic E-state index is 12.9. The fraction of sp³-hybridized carbons (Fsp3) is 0.150. The van der Waals surface area contributed by atoms with Crippen molar-refractivity contribution >= 4 is 32.4 Å². The van der Waals surface area contributed by atoms with Crippen LogP contribution in [0.4, 0.5) is 5.69 Å². The first-order chi connectivity index (χ1) is 12.4. The molecular formula is C20H20N2O3S. The van der Waals surface area contributed by atoms with Gasteiger partial charge in [-0.05, 0) is 28.5 Å². The minimum atomic E-state index is -3.55. The molecule has 0 aliphatic heterocycles. The number of likely N-dealkylation sites (N-methyl/N-ethyl adjacent to an activating group) is 1. The molecular weight excluding hydrogens is 348 g/mol. The quantitative estimate of drug-likeness (QED) is 0.750. The van der Waals surface area contributed by atoms with Crippen LogP contribution in [-0.2, 0) is 14.8 Å². The van der Waals surface area contributed by atoms with E-state index in [-0.39, 0.29) is 0 Å². The molecule has 6 heteroatoms. The number of amides is 1. The van der Waals surface area contributed by atoms with Crippen molar-refractivity contribution in [3.05, 3.63) is 78.4 Å². The minimum Gasteiger partial charge on any atom is -0.324 e. The molecule has 0 aromatic heterocycles. The largest absolute Gasteiger partial charge is 0.324 e. The van der Waals surface area contributed by atoms with Crippen molar-refractivity contribution in [3.63, 3.8) is 0 Å². The van der Waals surface area contributed by atoms with Gasteiger partial charge in [-0.3, -0.25) is 4.79 Å². The molecule has 0 radical (unpaired) electrons. The summed E-state index contributed by atoms with van der Waals surface area (Å²) in [5.74, 6) is -0.403. The topological polar surface area (TPSA) is 66.5 Å². The van der Waals surface area contributed by atoms with Gasteiger partial charge in [0.15, 0.2) is 0 Å². The number of hydrogen-bond acceptors (Lipinski definition) is 3. The Balaban J connectivity index is 1.94. The van der Waals surface area contributed by atoms with Gasteiger partial charge in [0.25, 0.3) is 0 Å². The van der Waals surface area contributed by atoms with Crippen LogP contribution in [0, 0.1) is 0 Å². The molecule has 0 aliphatic rings. The number of sulfonamides is 1. The number of carbonyl (C=O) groups is 1. The Morgan fingerprint density at radius 1 is 0.923 bits per heavy atom. The van der Waals surface area contributed by atoms with E-state index in [0.29, 0.717) is 11.3 Å². The summed E-state index contributed by atoms with van der Waals surface area (Å²) in [7, 11) is -2.14. The van der Waals surface area contributed by atoms with Gasteiger partial charge >= 0.3 is 0 Å². The van der Waals surface area contributed by atoms with Crippen molar-refractivity contribution in [2.75, 3.05) is 18.6 Å². The van der Waals surface area contributed by atoms with Crippen LogP contribution in [0.1, 0.15) is 11.6 Å². The van der Waals surface area contributed by atoms with Crippen LogP contribution in [0.3, 0.4) is 0 Å². The van der Waals surface area contributed by atoms with E-state index in [2.05, 4.69) is 5.32 Å². The number of benzene rings is 3. The van der Waals surface area contributed by atoms with E-state index in [0.717, 1.165) is 21.3 Å². The van der Waals surface area contributed by atoms with Gasteiger partial charge in [-0.2, -0.15) is 4.31 Å². The molecule has 0 saturated carbocycles. The lowest BCUT2D eigenvalue weighted by Gasteiger charge is -2.25. The van der Waals surface area contributed by atoms with Gasteiger partial charge in [0.05, 0.1) is 6.26 Å². The molecule has 1 atom stereocenters. The Bertz CT molecular complexity index is 1030. The number of anilines is 1. The number of fused-ring (bicyclic) bond motifs is 1. The standard InChI is InChI=1S/C20H20N2O3S/c1-22(26(2,24)25)19(16-9-4-3-5-10-16)20(23)21-18-13-12-15-8-6-7-11-17(15)14-18/h3-14,19H,1-2H3,(H,21,23). The summed E-state index contributed by atoms with van der Waals surface area (Å²) >= 11 is 0. The molecule has 3 rings (SSSR count). The van der Waals surface area contributed by atoms with Crippen molar-refractivity contribution in [2.24, 2.45) is 0 Å². The number of rotatable bonds is 5. The van der Waals surface area contributed by atoms with Gasteiger partial charge < -0.3 is 5.32 Å². The molecule has 0 aliphatic carbocycles. The number of hydrogen-bond donors (Lipinski definition) is 1. The van der Waals surface area contributed by atoms with E-state index >= 15 is 0 Å². The fourth-order valence-corrected chi connectivity index (χ4v) is 3.43. The van der Waals surface area contributed by atoms with Gasteiger partial charge in [0, 0.05) is 12.7 Å². The summed E-state index contributed by atoms with van der Waals surface area (Å²) in [6.45, 7) is 0. The molecule has 5 nitrogen and oxygen atoms in total. The molecule has 26 heavy (non-hydrogen) atoms. The normalized spacial score (nSPS) is 12.9. The van der Waals surface area contributed by atoms with Gasteiger partial charge in [-0.25, -0.2) is 8.42 Å². The summed E-state index contributed by atoms with van der Waals surface area (Å²) in [6.07, 6.45) is 1.09. The average molecular weight is 368 g/mol. The lowest BCUT2D eigenvalue weighted by atomic mass is 10.1. The first kappa shape index (κ1) is 18.1. The highest BCUT2D eigenvalue weighted by Crippen LogP contribution is 2.25. The Morgan fingerprint density at radius 3 is 2.19 bits per heavy atom. The smallest absolute Gasteiger partial charge is 0.247 e. The number of nitrogens with zero attached hydrogens (tertiary/aromatic N) is 1. The van der Waals surface area contributed by atoms with Crippen LogP contribution in [-0.4, -0.2) is 31.9 Å². The average Bonchev–Trinajstić information content (AvgIpc) is 2.62. The first-order valence-corrected chi connectivity index (χ1v) is 9.99. The SMILES string of the molecule is CN(C(C(=O)Nc1ccc2ccccc2c1)c1ccccc1)S(C)(=O)=O. The second-order valence-electron chi connectivity index (χ2n) is 6.14. The molecule has 1 amide bonds. The van der Waals surface area contributed by atoms with E-state index in [4.69, 9.17) is 0 Å². The molecule has 0 saturated heterocycles. The second kappa shape index (κ2) is 7.27. The van der Waals surface area contributed by atoms with E-state index in [9.17, 15) is 13.2 Å². The Morgan fingerprint density at radius 2 is 1.54 bits per heavy atom.